The molecule has 0 aliphatic carbocycles. The molecule has 3 N–H and O–H groups in total. The Morgan fingerprint density at radius 1 is 0.429 bits per heavy atom. The van der Waals surface area contributed by atoms with Gasteiger partial charge in [-0.15, -0.1) is 0 Å². The minimum absolute atomic E-state index is 0.129. The van der Waals surface area contributed by atoms with Crippen LogP contribution in [0.1, 0.15) is 73.0 Å². The van der Waals surface area contributed by atoms with Gasteiger partial charge in [-0.2, -0.15) is 0 Å². The van der Waals surface area contributed by atoms with Crippen molar-refractivity contribution in [1.82, 2.24) is 16.0 Å². The summed E-state index contributed by atoms with van der Waals surface area (Å²) in [6, 6.07) is 38.2. The van der Waals surface area contributed by atoms with Gasteiger partial charge in [0.15, 0.2) is 0 Å². The molecular formula is C51H51BrClF4N3S3. The summed E-state index contributed by atoms with van der Waals surface area (Å²) in [5, 5.41) is 10.8. The molecule has 3 nitrogen and oxygen atoms in total. The lowest BCUT2D eigenvalue weighted by Gasteiger charge is -2.25. The van der Waals surface area contributed by atoms with Crippen LogP contribution in [0.2, 0.25) is 5.02 Å². The first-order chi connectivity index (χ1) is 30.7. The van der Waals surface area contributed by atoms with E-state index in [0.29, 0.717) is 27.1 Å². The first-order valence-electron chi connectivity index (χ1n) is 21.5. The molecule has 0 amide bonds. The molecule has 3 saturated heterocycles. The summed E-state index contributed by atoms with van der Waals surface area (Å²) in [5.74, 6) is 0.462. The minimum Gasteiger partial charge on any atom is -0.317 e. The van der Waals surface area contributed by atoms with E-state index in [4.69, 9.17) is 11.6 Å². The van der Waals surface area contributed by atoms with Crippen molar-refractivity contribution >= 4 is 62.8 Å². The molecule has 0 bridgehead atoms. The zero-order valence-corrected chi connectivity index (χ0v) is 39.6. The lowest BCUT2D eigenvalue weighted by molar-refractivity contribution is 0.454. The van der Waals surface area contributed by atoms with Gasteiger partial charge in [0.05, 0.1) is 0 Å². The number of hydrogen-bond donors (Lipinski definition) is 3. The Morgan fingerprint density at radius 3 is 1.29 bits per heavy atom. The van der Waals surface area contributed by atoms with Crippen LogP contribution in [0.25, 0.3) is 0 Å². The second-order valence-electron chi connectivity index (χ2n) is 15.8. The molecule has 0 radical (unpaired) electrons. The highest BCUT2D eigenvalue weighted by molar-refractivity contribution is 9.10. The van der Waals surface area contributed by atoms with E-state index in [9.17, 15) is 17.6 Å². The van der Waals surface area contributed by atoms with E-state index in [-0.39, 0.29) is 23.3 Å². The average molecular weight is 994 g/mol. The molecule has 0 unspecified atom stereocenters. The van der Waals surface area contributed by atoms with E-state index in [1.165, 1.54) is 45.3 Å². The third kappa shape index (κ3) is 14.4. The van der Waals surface area contributed by atoms with Crippen LogP contribution in [0.15, 0.2) is 161 Å². The molecular weight excluding hydrogens is 942 g/mol. The molecule has 330 valence electrons. The van der Waals surface area contributed by atoms with Crippen LogP contribution in [-0.4, -0.2) is 39.3 Å². The fourth-order valence-corrected chi connectivity index (χ4v) is 11.8. The highest BCUT2D eigenvalue weighted by atomic mass is 79.9. The van der Waals surface area contributed by atoms with E-state index < -0.39 is 0 Å². The van der Waals surface area contributed by atoms with Crippen molar-refractivity contribution in [2.75, 3.05) is 39.3 Å². The Bertz CT molecular complexity index is 2390. The van der Waals surface area contributed by atoms with Gasteiger partial charge in [0.1, 0.15) is 23.3 Å². The maximum Gasteiger partial charge on any atom is 0.138 e. The van der Waals surface area contributed by atoms with Crippen LogP contribution in [0.3, 0.4) is 0 Å². The molecule has 3 aliphatic heterocycles. The molecule has 3 heterocycles. The predicted octanol–water partition coefficient (Wildman–Crippen LogP) is 14.9. The highest BCUT2D eigenvalue weighted by Gasteiger charge is 2.22. The van der Waals surface area contributed by atoms with E-state index >= 15 is 0 Å². The van der Waals surface area contributed by atoms with Gasteiger partial charge in [-0.25, -0.2) is 17.6 Å². The molecule has 6 aromatic rings. The molecule has 9 rings (SSSR count). The largest absolute Gasteiger partial charge is 0.317 e. The lowest BCUT2D eigenvalue weighted by Crippen LogP contribution is -2.26. The summed E-state index contributed by atoms with van der Waals surface area (Å²) in [7, 11) is 0. The van der Waals surface area contributed by atoms with E-state index in [1.54, 1.807) is 59.9 Å². The Kier molecular flexibility index (Phi) is 18.4. The zero-order valence-electron chi connectivity index (χ0n) is 34.8. The van der Waals surface area contributed by atoms with Crippen LogP contribution in [0.4, 0.5) is 17.6 Å². The number of rotatable bonds is 9. The Morgan fingerprint density at radius 2 is 0.841 bits per heavy atom. The molecule has 3 fully saturated rings. The smallest absolute Gasteiger partial charge is 0.138 e. The summed E-state index contributed by atoms with van der Waals surface area (Å²) in [4.78, 5) is 6.10. The number of nitrogens with one attached hydrogen (secondary N) is 3. The van der Waals surface area contributed by atoms with Gasteiger partial charge in [0.25, 0.3) is 0 Å². The van der Waals surface area contributed by atoms with Gasteiger partial charge in [-0.1, -0.05) is 87.1 Å². The number of hydrogen-bond acceptors (Lipinski definition) is 6. The summed E-state index contributed by atoms with van der Waals surface area (Å²) in [6.07, 6.45) is 6.27. The molecule has 0 saturated carbocycles. The normalized spacial score (nSPS) is 16.1. The topological polar surface area (TPSA) is 36.1 Å². The molecule has 0 aromatic heterocycles. The van der Waals surface area contributed by atoms with Crippen LogP contribution in [-0.2, 0) is 0 Å². The molecule has 6 aromatic carbocycles. The van der Waals surface area contributed by atoms with Gasteiger partial charge in [0, 0.05) is 38.9 Å². The monoisotopic (exact) mass is 991 g/mol. The summed E-state index contributed by atoms with van der Waals surface area (Å²) < 4.78 is 55.7. The van der Waals surface area contributed by atoms with Crippen molar-refractivity contribution < 1.29 is 17.6 Å². The Balaban J connectivity index is 0.000000142. The highest BCUT2D eigenvalue weighted by Crippen LogP contribution is 2.41. The van der Waals surface area contributed by atoms with Crippen LogP contribution in [0.5, 0.6) is 0 Å². The maximum absolute atomic E-state index is 14.1. The molecule has 0 atom stereocenters. The lowest BCUT2D eigenvalue weighted by atomic mass is 9.90. The maximum atomic E-state index is 14.1. The first kappa shape index (κ1) is 47.7. The van der Waals surface area contributed by atoms with Crippen molar-refractivity contribution in [2.45, 2.75) is 85.7 Å². The summed E-state index contributed by atoms with van der Waals surface area (Å²) in [5.41, 5.74) is 3.29. The number of piperidine rings is 3. The van der Waals surface area contributed by atoms with E-state index in [0.717, 1.165) is 109 Å². The van der Waals surface area contributed by atoms with Crippen molar-refractivity contribution in [3.05, 3.63) is 177 Å². The summed E-state index contributed by atoms with van der Waals surface area (Å²) >= 11 is 14.1. The SMILES string of the molecule is Fc1ccc(Sc2ccc(Br)cc2F)c(C2CCNCC2)c1.Fc1ccc(Sc2cccc(Cl)c2)c(C2CCNCC2)c1.Fc1ccc(Sc2ccccc2)c(C2CCNCC2)c1. The third-order valence-electron chi connectivity index (χ3n) is 11.4. The zero-order chi connectivity index (χ0) is 44.0. The average Bonchev–Trinajstić information content (AvgIpc) is 3.31. The molecule has 3 aliphatic rings. The van der Waals surface area contributed by atoms with Crippen molar-refractivity contribution in [1.29, 1.82) is 0 Å². The van der Waals surface area contributed by atoms with Gasteiger partial charge in [-0.3, -0.25) is 0 Å². The Labute approximate surface area is 395 Å². The second kappa shape index (κ2) is 24.3. The molecule has 0 spiro atoms. The van der Waals surface area contributed by atoms with E-state index in [2.05, 4.69) is 44.0 Å². The molecule has 63 heavy (non-hydrogen) atoms. The predicted molar refractivity (Wildman–Crippen MR) is 258 cm³/mol. The number of halogens is 6. The second-order valence-corrected chi connectivity index (χ2v) is 20.4. The Hall–Kier alpha value is -3.26. The van der Waals surface area contributed by atoms with Crippen LogP contribution < -0.4 is 16.0 Å². The standard InChI is InChI=1S/C17H16BrF2NS.C17H17ClFNS.C17H18FNS/c18-12-1-3-17(15(20)9-12)22-16-4-2-13(19)10-14(16)11-5-7-21-8-6-11;18-13-2-1-3-15(10-13)21-17-5-4-14(19)11-16(17)12-6-8-20-9-7-12;18-14-6-7-17(20-15-4-2-1-3-5-15)16(12-14)13-8-10-19-11-9-13/h1-4,9-11,21H,5-8H2;1-5,10-12,20H,6-9H2;1-7,12-13,19H,8-11H2. The van der Waals surface area contributed by atoms with Crippen LogP contribution >= 0.6 is 62.8 Å². The fourth-order valence-electron chi connectivity index (χ4n) is 8.14. The van der Waals surface area contributed by atoms with Crippen molar-refractivity contribution in [2.24, 2.45) is 0 Å². The fraction of sp³-hybridized carbons (Fsp3) is 0.294. The van der Waals surface area contributed by atoms with Gasteiger partial charge >= 0.3 is 0 Å². The van der Waals surface area contributed by atoms with Gasteiger partial charge in [0.2, 0.25) is 0 Å². The van der Waals surface area contributed by atoms with Crippen molar-refractivity contribution in [3.63, 3.8) is 0 Å². The van der Waals surface area contributed by atoms with Gasteiger partial charge in [-0.05, 0) is 215 Å². The molecule has 12 heteroatoms. The quantitative estimate of drug-likeness (QED) is 0.125. The van der Waals surface area contributed by atoms with Crippen molar-refractivity contribution in [3.8, 4) is 0 Å². The third-order valence-corrected chi connectivity index (χ3v) is 15.4. The van der Waals surface area contributed by atoms with Crippen LogP contribution in [0, 0.1) is 23.3 Å². The van der Waals surface area contributed by atoms with Gasteiger partial charge < -0.3 is 16.0 Å². The summed E-state index contributed by atoms with van der Waals surface area (Å²) in [6.45, 7) is 5.94. The number of benzene rings is 6. The van der Waals surface area contributed by atoms with E-state index in [1.807, 2.05) is 60.7 Å². The minimum atomic E-state index is -0.264. The first-order valence-corrected chi connectivity index (χ1v) is 25.1.